The second kappa shape index (κ2) is 3.75. The van der Waals surface area contributed by atoms with Gasteiger partial charge in [0.2, 0.25) is 0 Å². The molecule has 0 aliphatic carbocycles. The smallest absolute Gasteiger partial charge is 0.0417 e. The van der Waals surface area contributed by atoms with E-state index in [2.05, 4.69) is 74.4 Å². The van der Waals surface area contributed by atoms with Crippen molar-refractivity contribution in [3.05, 3.63) is 29.7 Å². The zero-order chi connectivity index (χ0) is 8.59. The van der Waals surface area contributed by atoms with Crippen LogP contribution in [0.4, 0.5) is 0 Å². The lowest BCUT2D eigenvalue weighted by Gasteiger charge is -2.06. The van der Waals surface area contributed by atoms with Crippen molar-refractivity contribution in [2.75, 3.05) is 0 Å². The predicted molar refractivity (Wildman–Crippen MR) is 64.0 cm³/mol. The predicted octanol–water partition coefficient (Wildman–Crippen LogP) is 4.43. The minimum Gasteiger partial charge on any atom is -0.0496 e. The molecule has 0 atom stereocenters. The number of rotatable bonds is 0. The van der Waals surface area contributed by atoms with Crippen LogP contribution in [-0.4, -0.2) is 0 Å². The van der Waals surface area contributed by atoms with Crippen LogP contribution in [0, 0.1) is 17.4 Å². The topological polar surface area (TPSA) is 0 Å². The Morgan fingerprint density at radius 2 is 1.82 bits per heavy atom. The maximum Gasteiger partial charge on any atom is 0.0417 e. The number of hydrogen-bond donors (Lipinski definition) is 0. The highest BCUT2D eigenvalue weighted by Gasteiger charge is 2.06. The zero-order valence-electron chi connectivity index (χ0n) is 6.21. The van der Waals surface area contributed by atoms with Gasteiger partial charge in [-0.05, 0) is 85.5 Å². The van der Waals surface area contributed by atoms with Gasteiger partial charge in [-0.2, -0.15) is 0 Å². The van der Waals surface area contributed by atoms with Crippen LogP contribution in [0.5, 0.6) is 0 Å². The summed E-state index contributed by atoms with van der Waals surface area (Å²) in [6.45, 7) is 4.23. The Morgan fingerprint density at radius 3 is 2.36 bits per heavy atom. The Balaban J connectivity index is 3.46. The molecule has 1 aromatic carbocycles. The van der Waals surface area contributed by atoms with Gasteiger partial charge < -0.3 is 0 Å². The molecule has 0 spiro atoms. The van der Waals surface area contributed by atoms with Crippen molar-refractivity contribution < 1.29 is 0 Å². The van der Waals surface area contributed by atoms with E-state index in [1.807, 2.05) is 0 Å². The van der Waals surface area contributed by atoms with E-state index < -0.39 is 0 Å². The molecule has 0 amide bonds. The molecule has 0 saturated heterocycles. The van der Waals surface area contributed by atoms with Crippen molar-refractivity contribution >= 4 is 54.5 Å². The number of hydrogen-bond acceptors (Lipinski definition) is 0. The summed E-state index contributed by atoms with van der Waals surface area (Å²) in [4.78, 5) is 0. The lowest BCUT2D eigenvalue weighted by Crippen LogP contribution is -1.87. The van der Waals surface area contributed by atoms with E-state index in [1.54, 1.807) is 0 Å². The Bertz CT molecular complexity index is 268. The van der Waals surface area contributed by atoms with Gasteiger partial charge in [-0.25, -0.2) is 0 Å². The molecule has 0 aromatic heterocycles. The van der Waals surface area contributed by atoms with Crippen molar-refractivity contribution in [1.29, 1.82) is 0 Å². The summed E-state index contributed by atoms with van der Waals surface area (Å²) in [5.74, 6) is 0. The van der Waals surface area contributed by atoms with Gasteiger partial charge in [0, 0.05) is 12.5 Å². The highest BCUT2D eigenvalue weighted by Crippen LogP contribution is 2.31. The third-order valence-corrected chi connectivity index (χ3v) is 5.89. The highest BCUT2D eigenvalue weighted by atomic mass is 127. The summed E-state index contributed by atoms with van der Waals surface area (Å²) >= 11 is 9.35. The fourth-order valence-corrected chi connectivity index (χ4v) is 2.70. The molecule has 0 unspecified atom stereocenters. The van der Waals surface area contributed by atoms with Crippen molar-refractivity contribution in [1.82, 2.24) is 0 Å². The molecule has 0 nitrogen and oxygen atoms in total. The molecule has 60 valence electrons. The molecule has 0 N–H and O–H groups in total. The van der Waals surface area contributed by atoms with Crippen molar-refractivity contribution in [2.45, 2.75) is 13.8 Å². The summed E-state index contributed by atoms with van der Waals surface area (Å²) in [5.41, 5.74) is 2.63. The van der Waals surface area contributed by atoms with Gasteiger partial charge in [-0.15, -0.1) is 0 Å². The standard InChI is InChI=1S/C8H7Br2I/c1-4-3-6(9)8(11)7(10)5(4)2/h3H,1-2H3. The molecule has 1 aromatic rings. The van der Waals surface area contributed by atoms with E-state index in [1.165, 1.54) is 19.2 Å². The fourth-order valence-electron chi connectivity index (χ4n) is 0.804. The molecular formula is C8H7Br2I. The van der Waals surface area contributed by atoms with Gasteiger partial charge in [0.05, 0.1) is 0 Å². The van der Waals surface area contributed by atoms with Gasteiger partial charge in [0.15, 0.2) is 0 Å². The minimum absolute atomic E-state index is 1.16. The van der Waals surface area contributed by atoms with E-state index in [0.717, 1.165) is 4.47 Å². The third-order valence-electron chi connectivity index (χ3n) is 1.67. The second-order valence-corrected chi connectivity index (χ2v) is 5.15. The first kappa shape index (κ1) is 9.99. The maximum atomic E-state index is 3.54. The Hall–Kier alpha value is 0.910. The first-order valence-electron chi connectivity index (χ1n) is 3.14. The van der Waals surface area contributed by atoms with Gasteiger partial charge in [-0.1, -0.05) is 0 Å². The van der Waals surface area contributed by atoms with Crippen molar-refractivity contribution in [3.8, 4) is 0 Å². The van der Waals surface area contributed by atoms with Crippen LogP contribution < -0.4 is 0 Å². The molecular weight excluding hydrogens is 383 g/mol. The van der Waals surface area contributed by atoms with Crippen LogP contribution in [0.2, 0.25) is 0 Å². The number of aryl methyl sites for hydroxylation is 1. The fraction of sp³-hybridized carbons (Fsp3) is 0.250. The van der Waals surface area contributed by atoms with E-state index >= 15 is 0 Å². The normalized spacial score (nSPS) is 10.3. The van der Waals surface area contributed by atoms with Gasteiger partial charge in [0.1, 0.15) is 0 Å². The van der Waals surface area contributed by atoms with E-state index in [4.69, 9.17) is 0 Å². The Morgan fingerprint density at radius 1 is 1.27 bits per heavy atom. The van der Waals surface area contributed by atoms with Crippen molar-refractivity contribution in [2.24, 2.45) is 0 Å². The van der Waals surface area contributed by atoms with Gasteiger partial charge >= 0.3 is 0 Å². The first-order chi connectivity index (χ1) is 5.04. The maximum absolute atomic E-state index is 3.54. The van der Waals surface area contributed by atoms with Crippen molar-refractivity contribution in [3.63, 3.8) is 0 Å². The van der Waals surface area contributed by atoms with Gasteiger partial charge in [0.25, 0.3) is 0 Å². The molecule has 11 heavy (non-hydrogen) atoms. The molecule has 0 aliphatic rings. The summed E-state index contributed by atoms with van der Waals surface area (Å²) in [5, 5.41) is 0. The minimum atomic E-state index is 1.16. The third kappa shape index (κ3) is 1.98. The van der Waals surface area contributed by atoms with Crippen LogP contribution in [-0.2, 0) is 0 Å². The number of benzene rings is 1. The first-order valence-corrected chi connectivity index (χ1v) is 5.81. The monoisotopic (exact) mass is 388 g/mol. The average molecular weight is 390 g/mol. The summed E-state index contributed by atoms with van der Waals surface area (Å²) in [7, 11) is 0. The number of halogens is 3. The molecule has 3 heteroatoms. The Labute approximate surface area is 97.2 Å². The molecule has 0 radical (unpaired) electrons. The van der Waals surface area contributed by atoms with Crippen LogP contribution in [0.25, 0.3) is 0 Å². The quantitative estimate of drug-likeness (QED) is 0.455. The molecule has 0 aliphatic heterocycles. The van der Waals surface area contributed by atoms with Crippen LogP contribution >= 0.6 is 54.5 Å². The van der Waals surface area contributed by atoms with Crippen LogP contribution in [0.1, 0.15) is 11.1 Å². The summed E-state index contributed by atoms with van der Waals surface area (Å²) in [6, 6.07) is 2.14. The average Bonchev–Trinajstić information content (AvgIpc) is 1.97. The van der Waals surface area contributed by atoms with E-state index in [9.17, 15) is 0 Å². The zero-order valence-corrected chi connectivity index (χ0v) is 11.5. The molecule has 0 heterocycles. The SMILES string of the molecule is Cc1cc(Br)c(I)c(Br)c1C. The lowest BCUT2D eigenvalue weighted by molar-refractivity contribution is 1.28. The molecule has 1 rings (SSSR count). The summed E-state index contributed by atoms with van der Waals surface area (Å²) in [6.07, 6.45) is 0. The van der Waals surface area contributed by atoms with E-state index in [-0.39, 0.29) is 0 Å². The largest absolute Gasteiger partial charge is 0.0496 e. The van der Waals surface area contributed by atoms with Gasteiger partial charge in [-0.3, -0.25) is 0 Å². The second-order valence-electron chi connectivity index (χ2n) is 2.43. The van der Waals surface area contributed by atoms with Crippen LogP contribution in [0.3, 0.4) is 0 Å². The lowest BCUT2D eigenvalue weighted by atomic mass is 10.1. The van der Waals surface area contributed by atoms with Crippen LogP contribution in [0.15, 0.2) is 15.0 Å². The molecule has 0 saturated carbocycles. The summed E-state index contributed by atoms with van der Waals surface area (Å²) < 4.78 is 3.60. The highest BCUT2D eigenvalue weighted by molar-refractivity contribution is 14.1. The molecule has 0 bridgehead atoms. The molecule has 0 fully saturated rings. The Kier molecular flexibility index (Phi) is 3.40. The van der Waals surface area contributed by atoms with E-state index in [0.29, 0.717) is 0 Å².